The van der Waals surface area contributed by atoms with E-state index in [4.69, 9.17) is 0 Å². The lowest BCUT2D eigenvalue weighted by Gasteiger charge is -2.35. The molecule has 0 spiro atoms. The number of hydrogen-bond acceptors (Lipinski definition) is 1. The monoisotopic (exact) mass is 271 g/mol. The Balaban J connectivity index is 2.15. The summed E-state index contributed by atoms with van der Waals surface area (Å²) in [6, 6.07) is 9.86. The normalized spacial score (nSPS) is 18.0. The summed E-state index contributed by atoms with van der Waals surface area (Å²) >= 11 is 0. The van der Waals surface area contributed by atoms with E-state index in [1.807, 2.05) is 37.4 Å². The minimum absolute atomic E-state index is 0.162. The van der Waals surface area contributed by atoms with E-state index in [0.29, 0.717) is 6.42 Å². The first kappa shape index (κ1) is 14.8. The van der Waals surface area contributed by atoms with Crippen molar-refractivity contribution in [1.29, 1.82) is 0 Å². The van der Waals surface area contributed by atoms with Gasteiger partial charge in [-0.2, -0.15) is 0 Å². The molecule has 0 aliphatic heterocycles. The highest BCUT2D eigenvalue weighted by molar-refractivity contribution is 5.94. The van der Waals surface area contributed by atoms with Gasteiger partial charge in [0.15, 0.2) is 0 Å². The summed E-state index contributed by atoms with van der Waals surface area (Å²) < 4.78 is 0. The first-order valence-corrected chi connectivity index (χ1v) is 7.42. The van der Waals surface area contributed by atoms with Crippen molar-refractivity contribution < 1.29 is 4.79 Å². The van der Waals surface area contributed by atoms with E-state index in [1.165, 1.54) is 24.0 Å². The Bertz CT molecular complexity index is 513. The largest absolute Gasteiger partial charge is 0.315 e. The van der Waals surface area contributed by atoms with Gasteiger partial charge < -0.3 is 4.90 Å². The highest BCUT2D eigenvalue weighted by Crippen LogP contribution is 2.42. The van der Waals surface area contributed by atoms with E-state index in [2.05, 4.69) is 20.8 Å². The third-order valence-electron chi connectivity index (χ3n) is 4.53. The maximum absolute atomic E-state index is 12.5. The molecule has 0 atom stereocenters. The van der Waals surface area contributed by atoms with Gasteiger partial charge >= 0.3 is 0 Å². The second-order valence-electron chi connectivity index (χ2n) is 6.46. The van der Waals surface area contributed by atoms with Gasteiger partial charge in [-0.3, -0.25) is 4.79 Å². The predicted molar refractivity (Wildman–Crippen MR) is 84.8 cm³/mol. The van der Waals surface area contributed by atoms with Crippen LogP contribution in [-0.2, 0) is 4.79 Å². The van der Waals surface area contributed by atoms with Crippen LogP contribution in [0.4, 0.5) is 5.69 Å². The summed E-state index contributed by atoms with van der Waals surface area (Å²) in [6.45, 7) is 6.72. The molecule has 0 aromatic heterocycles. The number of carbonyl (C=O) groups is 1. The number of benzene rings is 1. The molecule has 2 heteroatoms. The summed E-state index contributed by atoms with van der Waals surface area (Å²) in [6.07, 6.45) is 4.11. The smallest absolute Gasteiger partial charge is 0.230 e. The van der Waals surface area contributed by atoms with E-state index in [9.17, 15) is 4.79 Å². The van der Waals surface area contributed by atoms with Crippen molar-refractivity contribution in [2.75, 3.05) is 11.9 Å². The van der Waals surface area contributed by atoms with Crippen LogP contribution in [0.1, 0.15) is 46.5 Å². The molecule has 1 aliphatic carbocycles. The second-order valence-corrected chi connectivity index (χ2v) is 6.46. The van der Waals surface area contributed by atoms with Gasteiger partial charge in [0.05, 0.1) is 0 Å². The molecule has 0 saturated heterocycles. The molecule has 0 N–H and O–H groups in total. The number of anilines is 1. The Labute approximate surface area is 122 Å². The first-order valence-electron chi connectivity index (χ1n) is 7.42. The SMILES string of the molecule is CC1=C(CC(=O)N(C)c2ccccc2)C(C)(C)CCC1. The van der Waals surface area contributed by atoms with E-state index < -0.39 is 0 Å². The van der Waals surface area contributed by atoms with Crippen molar-refractivity contribution in [3.05, 3.63) is 41.5 Å². The van der Waals surface area contributed by atoms with Gasteiger partial charge in [0, 0.05) is 19.2 Å². The Morgan fingerprint density at radius 2 is 1.90 bits per heavy atom. The van der Waals surface area contributed by atoms with Crippen LogP contribution in [0.3, 0.4) is 0 Å². The molecule has 0 saturated carbocycles. The van der Waals surface area contributed by atoms with Crippen molar-refractivity contribution in [3.63, 3.8) is 0 Å². The number of hydrogen-bond donors (Lipinski definition) is 0. The highest BCUT2D eigenvalue weighted by atomic mass is 16.2. The van der Waals surface area contributed by atoms with Crippen molar-refractivity contribution in [2.45, 2.75) is 46.5 Å². The molecule has 20 heavy (non-hydrogen) atoms. The number of rotatable bonds is 3. The summed E-state index contributed by atoms with van der Waals surface area (Å²) in [5.74, 6) is 0.181. The second kappa shape index (κ2) is 5.82. The summed E-state index contributed by atoms with van der Waals surface area (Å²) in [5, 5.41) is 0. The van der Waals surface area contributed by atoms with Crippen LogP contribution in [0.25, 0.3) is 0 Å². The molecular formula is C18H25NO. The predicted octanol–water partition coefficient (Wildman–Crippen LogP) is 4.57. The van der Waals surface area contributed by atoms with Crippen LogP contribution in [0.15, 0.2) is 41.5 Å². The lowest BCUT2D eigenvalue weighted by atomic mass is 9.71. The van der Waals surface area contributed by atoms with Crippen molar-refractivity contribution in [1.82, 2.24) is 0 Å². The number of carbonyl (C=O) groups excluding carboxylic acids is 1. The van der Waals surface area contributed by atoms with Crippen molar-refractivity contribution in [2.24, 2.45) is 5.41 Å². The molecule has 1 aromatic carbocycles. The molecule has 0 fully saturated rings. The van der Waals surface area contributed by atoms with Crippen LogP contribution < -0.4 is 4.90 Å². The summed E-state index contributed by atoms with van der Waals surface area (Å²) in [7, 11) is 1.86. The Morgan fingerprint density at radius 1 is 1.25 bits per heavy atom. The minimum atomic E-state index is 0.162. The van der Waals surface area contributed by atoms with Crippen LogP contribution in [-0.4, -0.2) is 13.0 Å². The van der Waals surface area contributed by atoms with Gasteiger partial charge in [0.2, 0.25) is 5.91 Å². The molecule has 0 bridgehead atoms. The number of allylic oxidation sites excluding steroid dienone is 1. The average Bonchev–Trinajstić information content (AvgIpc) is 2.42. The Morgan fingerprint density at radius 3 is 2.50 bits per heavy atom. The molecule has 1 aromatic rings. The zero-order valence-electron chi connectivity index (χ0n) is 13.1. The molecule has 0 unspecified atom stereocenters. The molecular weight excluding hydrogens is 246 g/mol. The summed E-state index contributed by atoms with van der Waals surface area (Å²) in [4.78, 5) is 14.3. The van der Waals surface area contributed by atoms with Gasteiger partial charge in [-0.15, -0.1) is 0 Å². The van der Waals surface area contributed by atoms with Gasteiger partial charge in [-0.05, 0) is 43.7 Å². The van der Waals surface area contributed by atoms with Crippen molar-refractivity contribution >= 4 is 11.6 Å². The van der Waals surface area contributed by atoms with E-state index >= 15 is 0 Å². The Kier molecular flexibility index (Phi) is 4.32. The number of nitrogens with zero attached hydrogens (tertiary/aromatic N) is 1. The quantitative estimate of drug-likeness (QED) is 0.738. The lowest BCUT2D eigenvalue weighted by molar-refractivity contribution is -0.117. The van der Waals surface area contributed by atoms with Crippen LogP contribution in [0, 0.1) is 5.41 Å². The molecule has 108 valence electrons. The van der Waals surface area contributed by atoms with E-state index in [-0.39, 0.29) is 11.3 Å². The molecule has 1 amide bonds. The Hall–Kier alpha value is -1.57. The fourth-order valence-electron chi connectivity index (χ4n) is 3.13. The standard InChI is InChI=1S/C18H25NO/c1-14-9-8-12-18(2,3)16(14)13-17(20)19(4)15-10-6-5-7-11-15/h5-7,10-11H,8-9,12-13H2,1-4H3. The fraction of sp³-hybridized carbons (Fsp3) is 0.500. The molecule has 2 rings (SSSR count). The zero-order valence-corrected chi connectivity index (χ0v) is 13.1. The van der Waals surface area contributed by atoms with Gasteiger partial charge in [0.25, 0.3) is 0 Å². The topological polar surface area (TPSA) is 20.3 Å². The zero-order chi connectivity index (χ0) is 14.8. The summed E-state index contributed by atoms with van der Waals surface area (Å²) in [5.41, 5.74) is 3.88. The lowest BCUT2D eigenvalue weighted by Crippen LogP contribution is -2.30. The van der Waals surface area contributed by atoms with Gasteiger partial charge in [0.1, 0.15) is 0 Å². The highest BCUT2D eigenvalue weighted by Gasteiger charge is 2.30. The first-order chi connectivity index (χ1) is 9.42. The molecule has 2 nitrogen and oxygen atoms in total. The van der Waals surface area contributed by atoms with Crippen LogP contribution >= 0.6 is 0 Å². The van der Waals surface area contributed by atoms with Gasteiger partial charge in [-0.25, -0.2) is 0 Å². The molecule has 0 heterocycles. The molecule has 0 radical (unpaired) electrons. The van der Waals surface area contributed by atoms with E-state index in [1.54, 1.807) is 4.90 Å². The average molecular weight is 271 g/mol. The fourth-order valence-corrected chi connectivity index (χ4v) is 3.13. The number of para-hydroxylation sites is 1. The van der Waals surface area contributed by atoms with Gasteiger partial charge in [-0.1, -0.05) is 43.2 Å². The van der Waals surface area contributed by atoms with Crippen LogP contribution in [0.5, 0.6) is 0 Å². The minimum Gasteiger partial charge on any atom is -0.315 e. The third kappa shape index (κ3) is 3.12. The maximum Gasteiger partial charge on any atom is 0.230 e. The molecule has 1 aliphatic rings. The van der Waals surface area contributed by atoms with Crippen LogP contribution in [0.2, 0.25) is 0 Å². The van der Waals surface area contributed by atoms with E-state index in [0.717, 1.165) is 12.1 Å². The number of amides is 1. The van der Waals surface area contributed by atoms with Crippen molar-refractivity contribution in [3.8, 4) is 0 Å². The third-order valence-corrected chi connectivity index (χ3v) is 4.53. The maximum atomic E-state index is 12.5.